The zero-order chi connectivity index (χ0) is 19.5. The van der Waals surface area contributed by atoms with Crippen LogP contribution in [0.2, 0.25) is 0 Å². The van der Waals surface area contributed by atoms with Gasteiger partial charge in [0.15, 0.2) is 11.5 Å². The molecule has 0 saturated carbocycles. The lowest BCUT2D eigenvalue weighted by molar-refractivity contribution is -0.209. The van der Waals surface area contributed by atoms with Crippen LogP contribution in [0.4, 0.5) is 0 Å². The summed E-state index contributed by atoms with van der Waals surface area (Å²) in [4.78, 5) is 10.2. The van der Waals surface area contributed by atoms with Gasteiger partial charge in [-0.15, -0.1) is 0 Å². The number of hydrogen-bond donors (Lipinski definition) is 1. The quantitative estimate of drug-likeness (QED) is 0.825. The van der Waals surface area contributed by atoms with Gasteiger partial charge in [0.2, 0.25) is 0 Å². The van der Waals surface area contributed by atoms with E-state index in [1.54, 1.807) is 19.4 Å². The first-order chi connectivity index (χ1) is 13.4. The van der Waals surface area contributed by atoms with E-state index in [4.69, 9.17) is 14.1 Å². The van der Waals surface area contributed by atoms with Gasteiger partial charge in [-0.3, -0.25) is 14.8 Å². The molecule has 148 valence electrons. The molecule has 1 aromatic heterocycles. The predicted octanol–water partition coefficient (Wildman–Crippen LogP) is 3.14. The SMILES string of the molecule is COc1cc(C=NC2C3(C)CN4CC2(C)CN(C3)C4c2ccco2)ccc1O. The van der Waals surface area contributed by atoms with Crippen LogP contribution in [0.25, 0.3) is 0 Å². The van der Waals surface area contributed by atoms with Crippen LogP contribution >= 0.6 is 0 Å². The number of phenols is 1. The Balaban J connectivity index is 1.43. The molecule has 4 aliphatic rings. The fourth-order valence-electron chi connectivity index (χ4n) is 5.92. The largest absolute Gasteiger partial charge is 0.504 e. The van der Waals surface area contributed by atoms with E-state index in [-0.39, 0.29) is 28.8 Å². The van der Waals surface area contributed by atoms with Crippen molar-refractivity contribution in [3.63, 3.8) is 0 Å². The molecule has 2 aromatic rings. The molecule has 1 N–H and O–H groups in total. The maximum atomic E-state index is 9.81. The smallest absolute Gasteiger partial charge is 0.161 e. The molecule has 28 heavy (non-hydrogen) atoms. The minimum atomic E-state index is 0.103. The third-order valence-electron chi connectivity index (χ3n) is 6.64. The van der Waals surface area contributed by atoms with E-state index in [1.807, 2.05) is 24.4 Å². The van der Waals surface area contributed by atoms with Crippen molar-refractivity contribution in [3.8, 4) is 11.5 Å². The minimum Gasteiger partial charge on any atom is -0.504 e. The molecular weight excluding hydrogens is 354 g/mol. The molecule has 0 unspecified atom stereocenters. The first-order valence-corrected chi connectivity index (χ1v) is 9.84. The standard InChI is InChI=1S/C22H27N3O3/c1-21-11-24-13-22(2,14-25(12-21)19(24)17-5-4-8-28-17)20(21)23-10-15-6-7-16(26)18(9-15)27-3/h4-10,19-20,26H,11-14H2,1-3H3. The maximum absolute atomic E-state index is 9.81. The van der Waals surface area contributed by atoms with E-state index in [0.29, 0.717) is 5.75 Å². The van der Waals surface area contributed by atoms with Gasteiger partial charge in [-0.05, 0) is 35.9 Å². The van der Waals surface area contributed by atoms with Crippen molar-refractivity contribution in [3.05, 3.63) is 47.9 Å². The lowest BCUT2D eigenvalue weighted by Gasteiger charge is -2.68. The molecule has 4 bridgehead atoms. The first-order valence-electron chi connectivity index (χ1n) is 9.84. The number of aliphatic imine (C=N–C) groups is 1. The van der Waals surface area contributed by atoms with E-state index in [2.05, 4.69) is 29.7 Å². The molecule has 0 amide bonds. The third kappa shape index (κ3) is 2.58. The molecule has 5 heterocycles. The van der Waals surface area contributed by atoms with E-state index < -0.39 is 0 Å². The van der Waals surface area contributed by atoms with Gasteiger partial charge in [-0.1, -0.05) is 13.8 Å². The Bertz CT molecular complexity index is 870. The summed E-state index contributed by atoms with van der Waals surface area (Å²) in [6.45, 7) is 8.80. The van der Waals surface area contributed by atoms with Crippen LogP contribution in [0.3, 0.4) is 0 Å². The van der Waals surface area contributed by atoms with Crippen LogP contribution in [0.15, 0.2) is 46.0 Å². The van der Waals surface area contributed by atoms with Gasteiger partial charge in [0.1, 0.15) is 11.9 Å². The highest BCUT2D eigenvalue weighted by atomic mass is 16.5. The second-order valence-corrected chi connectivity index (χ2v) is 9.12. The number of methoxy groups -OCH3 is 1. The van der Waals surface area contributed by atoms with Crippen LogP contribution in [0.1, 0.15) is 31.3 Å². The van der Waals surface area contributed by atoms with Crippen molar-refractivity contribution < 1.29 is 14.3 Å². The van der Waals surface area contributed by atoms with Crippen LogP contribution < -0.4 is 4.74 Å². The summed E-state index contributed by atoms with van der Waals surface area (Å²) in [6.07, 6.45) is 3.97. The van der Waals surface area contributed by atoms with Crippen molar-refractivity contribution in [2.24, 2.45) is 15.8 Å². The van der Waals surface area contributed by atoms with Crippen LogP contribution in [0, 0.1) is 10.8 Å². The number of phenolic OH excluding ortho intramolecular Hbond substituents is 1. The van der Waals surface area contributed by atoms with Gasteiger partial charge in [0, 0.05) is 43.2 Å². The molecule has 4 aliphatic heterocycles. The number of ether oxygens (including phenoxy) is 1. The van der Waals surface area contributed by atoms with Crippen molar-refractivity contribution in [1.82, 2.24) is 9.80 Å². The molecule has 0 spiro atoms. The van der Waals surface area contributed by atoms with Gasteiger partial charge in [-0.2, -0.15) is 0 Å². The average Bonchev–Trinajstić information content (AvgIpc) is 3.15. The predicted molar refractivity (Wildman–Crippen MR) is 107 cm³/mol. The maximum Gasteiger partial charge on any atom is 0.161 e. The van der Waals surface area contributed by atoms with Crippen molar-refractivity contribution >= 4 is 6.21 Å². The van der Waals surface area contributed by atoms with E-state index in [0.717, 1.165) is 37.5 Å². The van der Waals surface area contributed by atoms with E-state index in [1.165, 1.54) is 0 Å². The number of rotatable bonds is 4. The Morgan fingerprint density at radius 2 is 1.82 bits per heavy atom. The zero-order valence-electron chi connectivity index (χ0n) is 16.6. The monoisotopic (exact) mass is 381 g/mol. The van der Waals surface area contributed by atoms with Gasteiger partial charge in [0.05, 0.1) is 19.4 Å². The Labute approximate surface area is 165 Å². The summed E-state index contributed by atoms with van der Waals surface area (Å²) in [6, 6.07) is 9.69. The highest BCUT2D eigenvalue weighted by Crippen LogP contribution is 2.55. The zero-order valence-corrected chi connectivity index (χ0v) is 16.6. The molecule has 6 rings (SSSR count). The summed E-state index contributed by atoms with van der Waals surface area (Å²) >= 11 is 0. The highest BCUT2D eigenvalue weighted by molar-refractivity contribution is 5.81. The normalized spacial score (nSPS) is 39.0. The summed E-state index contributed by atoms with van der Waals surface area (Å²) in [7, 11) is 1.56. The average molecular weight is 381 g/mol. The number of benzene rings is 1. The third-order valence-corrected chi connectivity index (χ3v) is 6.64. The van der Waals surface area contributed by atoms with Crippen LogP contribution in [-0.2, 0) is 0 Å². The van der Waals surface area contributed by atoms with Crippen molar-refractivity contribution in [2.45, 2.75) is 26.1 Å². The number of nitrogens with zero attached hydrogens (tertiary/aromatic N) is 3. The Hall–Kier alpha value is -2.31. The lowest BCUT2D eigenvalue weighted by Crippen LogP contribution is -2.76. The Morgan fingerprint density at radius 3 is 2.39 bits per heavy atom. The number of piperidine rings is 2. The Kier molecular flexibility index (Phi) is 3.87. The molecule has 4 saturated heterocycles. The topological polar surface area (TPSA) is 61.4 Å². The molecule has 0 radical (unpaired) electrons. The molecule has 0 aliphatic carbocycles. The number of hydrogen-bond acceptors (Lipinski definition) is 6. The van der Waals surface area contributed by atoms with Gasteiger partial charge >= 0.3 is 0 Å². The minimum absolute atomic E-state index is 0.103. The lowest BCUT2D eigenvalue weighted by atomic mass is 9.59. The van der Waals surface area contributed by atoms with Gasteiger partial charge in [0.25, 0.3) is 0 Å². The van der Waals surface area contributed by atoms with Crippen molar-refractivity contribution in [2.75, 3.05) is 33.3 Å². The molecule has 4 fully saturated rings. The number of aromatic hydroxyl groups is 1. The van der Waals surface area contributed by atoms with Crippen LogP contribution in [-0.4, -0.2) is 60.5 Å². The molecule has 6 heteroatoms. The second-order valence-electron chi connectivity index (χ2n) is 9.12. The van der Waals surface area contributed by atoms with Gasteiger partial charge in [-0.25, -0.2) is 0 Å². The molecule has 0 atom stereocenters. The Morgan fingerprint density at radius 1 is 1.14 bits per heavy atom. The summed E-state index contributed by atoms with van der Waals surface area (Å²) in [5.74, 6) is 1.67. The summed E-state index contributed by atoms with van der Waals surface area (Å²) < 4.78 is 11.0. The first kappa shape index (κ1) is 17.8. The van der Waals surface area contributed by atoms with Crippen LogP contribution in [0.5, 0.6) is 11.5 Å². The summed E-state index contributed by atoms with van der Waals surface area (Å²) in [5, 5.41) is 9.81. The molecular formula is C22H27N3O3. The molecule has 1 aromatic carbocycles. The molecule has 6 nitrogen and oxygen atoms in total. The van der Waals surface area contributed by atoms with E-state index in [9.17, 15) is 5.11 Å². The second kappa shape index (κ2) is 6.09. The summed E-state index contributed by atoms with van der Waals surface area (Å²) in [5.41, 5.74) is 1.15. The fraction of sp³-hybridized carbons (Fsp3) is 0.500. The van der Waals surface area contributed by atoms with Gasteiger partial charge < -0.3 is 14.3 Å². The number of furan rings is 1. The van der Waals surface area contributed by atoms with E-state index >= 15 is 0 Å². The highest BCUT2D eigenvalue weighted by Gasteiger charge is 2.62. The fourth-order valence-corrected chi connectivity index (χ4v) is 5.92. The van der Waals surface area contributed by atoms with Crippen molar-refractivity contribution in [1.29, 1.82) is 0 Å².